The highest BCUT2D eigenvalue weighted by atomic mass is 32.2. The zero-order valence-electron chi connectivity index (χ0n) is 18.9. The van der Waals surface area contributed by atoms with Crippen molar-refractivity contribution in [2.24, 2.45) is 34.5 Å². The van der Waals surface area contributed by atoms with Crippen molar-refractivity contribution in [2.45, 2.75) is 51.4 Å². The van der Waals surface area contributed by atoms with Gasteiger partial charge in [-0.25, -0.2) is 0 Å². The average Bonchev–Trinajstić information content (AvgIpc) is 3.43. The normalized spacial score (nSPS) is 37.1. The van der Waals surface area contributed by atoms with E-state index in [4.69, 9.17) is 0 Å². The van der Waals surface area contributed by atoms with E-state index in [2.05, 4.69) is 0 Å². The Morgan fingerprint density at radius 1 is 0.706 bits per heavy atom. The molecular weight excluding hydrogens is 480 g/mol. The molecule has 2 N–H and O–H groups in total. The Balaban J connectivity index is 1.24. The number of hydrogen-bond donors (Lipinski definition) is 2. The number of ketones is 2. The minimum absolute atomic E-state index is 0.0536. The maximum atomic E-state index is 13.0. The number of benzene rings is 1. The Hall–Kier alpha value is -1.62. The summed E-state index contributed by atoms with van der Waals surface area (Å²) in [6, 6.07) is 7.76. The highest BCUT2D eigenvalue weighted by Gasteiger charge is 2.59. The first kappa shape index (κ1) is 24.1. The van der Waals surface area contributed by atoms with Gasteiger partial charge >= 0.3 is 0 Å². The van der Waals surface area contributed by atoms with Gasteiger partial charge in [-0.15, -0.1) is 0 Å². The summed E-state index contributed by atoms with van der Waals surface area (Å²) in [5.74, 6) is -1.29. The lowest BCUT2D eigenvalue weighted by molar-refractivity contribution is -0.130. The van der Waals surface area contributed by atoms with Crippen LogP contribution in [-0.2, 0) is 42.7 Å². The standard InChI is InChI=1S/C24H30O8S2/c25-21-19(17-5-7-23(21,11-17)13-33(27,28)29)9-15-1-2-16(4-3-15)10-20-18-6-8-24(12-18,22(20)26)14-34(30,31)32/h1-4,17-20H,5-14H2,(H,27,28,29)(H,30,31,32). The van der Waals surface area contributed by atoms with E-state index in [0.29, 0.717) is 38.5 Å². The maximum absolute atomic E-state index is 13.0. The predicted molar refractivity (Wildman–Crippen MR) is 123 cm³/mol. The van der Waals surface area contributed by atoms with Crippen LogP contribution < -0.4 is 0 Å². The lowest BCUT2D eigenvalue weighted by Gasteiger charge is -2.28. The molecule has 0 aliphatic heterocycles. The van der Waals surface area contributed by atoms with E-state index < -0.39 is 42.6 Å². The molecule has 0 spiro atoms. The molecule has 1 aromatic rings. The van der Waals surface area contributed by atoms with Crippen LogP contribution in [0.25, 0.3) is 0 Å². The molecule has 186 valence electrons. The summed E-state index contributed by atoms with van der Waals surface area (Å²) in [5.41, 5.74) is 0.0593. The Morgan fingerprint density at radius 2 is 1.06 bits per heavy atom. The van der Waals surface area contributed by atoms with E-state index >= 15 is 0 Å². The van der Waals surface area contributed by atoms with Crippen LogP contribution in [0.4, 0.5) is 0 Å². The molecule has 0 saturated heterocycles. The van der Waals surface area contributed by atoms with Crippen molar-refractivity contribution in [1.29, 1.82) is 0 Å². The van der Waals surface area contributed by atoms with Gasteiger partial charge in [0.1, 0.15) is 11.6 Å². The molecule has 1 aromatic carbocycles. The van der Waals surface area contributed by atoms with Gasteiger partial charge in [-0.1, -0.05) is 24.3 Å². The molecule has 6 unspecified atom stereocenters. The van der Waals surface area contributed by atoms with Gasteiger partial charge in [0.05, 0.1) is 11.5 Å². The highest BCUT2D eigenvalue weighted by molar-refractivity contribution is 7.86. The first-order chi connectivity index (χ1) is 15.8. The molecule has 0 amide bonds. The average molecular weight is 511 g/mol. The van der Waals surface area contributed by atoms with Gasteiger partial charge in [-0.2, -0.15) is 16.8 Å². The molecule has 4 fully saturated rings. The summed E-state index contributed by atoms with van der Waals surface area (Å²) in [6.07, 6.45) is 4.71. The molecule has 4 saturated carbocycles. The van der Waals surface area contributed by atoms with E-state index in [-0.39, 0.29) is 35.2 Å². The van der Waals surface area contributed by atoms with Gasteiger partial charge in [0.25, 0.3) is 20.2 Å². The summed E-state index contributed by atoms with van der Waals surface area (Å²) in [4.78, 5) is 26.1. The molecule has 10 heteroatoms. The fourth-order valence-electron chi connectivity index (χ4n) is 7.63. The number of carbonyl (C=O) groups excluding carboxylic acids is 2. The predicted octanol–water partition coefficient (Wildman–Crippen LogP) is 2.52. The first-order valence-electron chi connectivity index (χ1n) is 11.9. The summed E-state index contributed by atoms with van der Waals surface area (Å²) < 4.78 is 64.5. The molecule has 6 atom stereocenters. The van der Waals surface area contributed by atoms with E-state index in [9.17, 15) is 35.5 Å². The van der Waals surface area contributed by atoms with Crippen molar-refractivity contribution >= 4 is 31.8 Å². The molecule has 0 aromatic heterocycles. The van der Waals surface area contributed by atoms with Crippen LogP contribution in [0.15, 0.2) is 24.3 Å². The molecule has 8 nitrogen and oxygen atoms in total. The van der Waals surface area contributed by atoms with Crippen molar-refractivity contribution in [3.8, 4) is 0 Å². The van der Waals surface area contributed by atoms with Gasteiger partial charge in [0.15, 0.2) is 0 Å². The van der Waals surface area contributed by atoms with Gasteiger partial charge in [-0.3, -0.25) is 18.7 Å². The van der Waals surface area contributed by atoms with Gasteiger partial charge in [-0.05, 0) is 74.3 Å². The fraction of sp³-hybridized carbons (Fsp3) is 0.667. The molecule has 4 bridgehead atoms. The molecule has 0 radical (unpaired) electrons. The Morgan fingerprint density at radius 3 is 1.38 bits per heavy atom. The van der Waals surface area contributed by atoms with Gasteiger partial charge in [0, 0.05) is 22.7 Å². The maximum Gasteiger partial charge on any atom is 0.265 e. The van der Waals surface area contributed by atoms with Crippen LogP contribution in [0.1, 0.15) is 49.7 Å². The van der Waals surface area contributed by atoms with Crippen LogP contribution in [0.5, 0.6) is 0 Å². The first-order valence-corrected chi connectivity index (χ1v) is 15.1. The zero-order chi connectivity index (χ0) is 24.5. The van der Waals surface area contributed by atoms with Crippen LogP contribution >= 0.6 is 0 Å². The number of Topliss-reactive ketones (excluding diaryl/α,β-unsaturated/α-hetero) is 2. The largest absolute Gasteiger partial charge is 0.299 e. The number of carbonyl (C=O) groups is 2. The molecule has 5 rings (SSSR count). The van der Waals surface area contributed by atoms with Gasteiger partial charge in [0.2, 0.25) is 0 Å². The molecule has 34 heavy (non-hydrogen) atoms. The summed E-state index contributed by atoms with van der Waals surface area (Å²) in [6.45, 7) is 0. The fourth-order valence-corrected chi connectivity index (χ4v) is 9.83. The second-order valence-corrected chi connectivity index (χ2v) is 14.1. The second-order valence-electron chi connectivity index (χ2n) is 11.2. The van der Waals surface area contributed by atoms with Crippen LogP contribution in [0, 0.1) is 34.5 Å². The topological polar surface area (TPSA) is 143 Å². The van der Waals surface area contributed by atoms with E-state index in [1.54, 1.807) is 0 Å². The van der Waals surface area contributed by atoms with Gasteiger partial charge < -0.3 is 0 Å². The van der Waals surface area contributed by atoms with Crippen molar-refractivity contribution in [1.82, 2.24) is 0 Å². The molecule has 4 aliphatic rings. The molecule has 4 aliphatic carbocycles. The quantitative estimate of drug-likeness (QED) is 0.508. The number of fused-ring (bicyclic) bond motifs is 4. The van der Waals surface area contributed by atoms with Crippen molar-refractivity contribution in [3.05, 3.63) is 35.4 Å². The van der Waals surface area contributed by atoms with E-state index in [1.165, 1.54) is 0 Å². The Labute approximate surface area is 200 Å². The molecular formula is C24H30O8S2. The minimum atomic E-state index is -4.22. The van der Waals surface area contributed by atoms with Crippen LogP contribution in [-0.4, -0.2) is 49.0 Å². The summed E-state index contributed by atoms with van der Waals surface area (Å²) in [5, 5.41) is 0. The number of rotatable bonds is 8. The third-order valence-corrected chi connectivity index (χ3v) is 10.8. The third-order valence-electron chi connectivity index (χ3n) is 9.00. The molecule has 0 heterocycles. The van der Waals surface area contributed by atoms with E-state index in [1.807, 2.05) is 24.3 Å². The van der Waals surface area contributed by atoms with Crippen molar-refractivity contribution in [2.75, 3.05) is 11.5 Å². The lowest BCUT2D eigenvalue weighted by atomic mass is 9.77. The SMILES string of the molecule is O=C1C(Cc2ccc(CC3C(=O)C4(CS(=O)(=O)O)CCC3C4)cc2)C2CCC1(CS(=O)(=O)O)C2. The lowest BCUT2D eigenvalue weighted by Crippen LogP contribution is -2.37. The third kappa shape index (κ3) is 4.27. The number of hydrogen-bond acceptors (Lipinski definition) is 6. The smallest absolute Gasteiger partial charge is 0.265 e. The van der Waals surface area contributed by atoms with Crippen molar-refractivity contribution < 1.29 is 35.5 Å². The van der Waals surface area contributed by atoms with Crippen LogP contribution in [0.2, 0.25) is 0 Å². The highest BCUT2D eigenvalue weighted by Crippen LogP contribution is 2.57. The minimum Gasteiger partial charge on any atom is -0.299 e. The zero-order valence-corrected chi connectivity index (χ0v) is 20.5. The Bertz CT molecular complexity index is 1140. The van der Waals surface area contributed by atoms with Crippen LogP contribution in [0.3, 0.4) is 0 Å². The van der Waals surface area contributed by atoms with Crippen molar-refractivity contribution in [3.63, 3.8) is 0 Å². The Kier molecular flexibility index (Phi) is 5.63. The van der Waals surface area contributed by atoms with E-state index in [0.717, 1.165) is 24.0 Å². The second kappa shape index (κ2) is 7.94. The summed E-state index contributed by atoms with van der Waals surface area (Å²) in [7, 11) is -8.43. The summed E-state index contributed by atoms with van der Waals surface area (Å²) >= 11 is 0. The monoisotopic (exact) mass is 510 g/mol.